The largest absolute Gasteiger partial charge is 0.323 e. The van der Waals surface area contributed by atoms with Crippen molar-refractivity contribution in [3.8, 4) is 0 Å². The van der Waals surface area contributed by atoms with Crippen LogP contribution >= 0.6 is 0 Å². The summed E-state index contributed by atoms with van der Waals surface area (Å²) in [5, 5.41) is 4.16. The minimum absolute atomic E-state index is 0.00374. The number of nitrogen functional groups attached to an aromatic ring is 1. The Labute approximate surface area is 117 Å². The number of hydrazine groups is 1. The Morgan fingerprint density at radius 1 is 1.45 bits per heavy atom. The number of nitrogens with zero attached hydrogens (tertiary/aromatic N) is 3. The lowest BCUT2D eigenvalue weighted by Crippen LogP contribution is -2.25. The first-order valence-electron chi connectivity index (χ1n) is 5.83. The zero-order valence-corrected chi connectivity index (χ0v) is 12.0. The third-order valence-corrected chi connectivity index (χ3v) is 4.23. The molecule has 0 spiro atoms. The maximum absolute atomic E-state index is 12.2. The van der Waals surface area contributed by atoms with Crippen LogP contribution in [0.1, 0.15) is 11.3 Å². The highest BCUT2D eigenvalue weighted by Crippen LogP contribution is 2.18. The highest BCUT2D eigenvalue weighted by molar-refractivity contribution is 7.89. The van der Waals surface area contributed by atoms with Gasteiger partial charge in [0.05, 0.1) is 11.4 Å². The van der Waals surface area contributed by atoms with Gasteiger partial charge in [0, 0.05) is 37.7 Å². The van der Waals surface area contributed by atoms with Gasteiger partial charge in [0.25, 0.3) is 0 Å². The van der Waals surface area contributed by atoms with Crippen molar-refractivity contribution in [2.45, 2.75) is 18.4 Å². The Morgan fingerprint density at radius 3 is 2.80 bits per heavy atom. The number of anilines is 1. The molecular formula is C11H16N6O2S. The molecule has 2 rings (SSSR count). The smallest absolute Gasteiger partial charge is 0.244 e. The number of aromatic nitrogens is 3. The highest BCUT2D eigenvalue weighted by Gasteiger charge is 2.19. The van der Waals surface area contributed by atoms with Gasteiger partial charge in [-0.2, -0.15) is 5.10 Å². The Kier molecular flexibility index (Phi) is 4.02. The molecule has 9 heteroatoms. The minimum atomic E-state index is -3.70. The minimum Gasteiger partial charge on any atom is -0.323 e. The van der Waals surface area contributed by atoms with Crippen LogP contribution < -0.4 is 16.0 Å². The van der Waals surface area contributed by atoms with Crippen molar-refractivity contribution in [2.75, 3.05) is 5.43 Å². The second-order valence-corrected chi connectivity index (χ2v) is 5.99. The normalized spacial score (nSPS) is 11.6. The fraction of sp³-hybridized carbons (Fsp3) is 0.273. The monoisotopic (exact) mass is 296 g/mol. The standard InChI is InChI=1S/C11H16N6O2S/c1-8-9(7-17(2)16-8)5-14-20(18,19)11-6-13-4-3-10(11)15-12/h3-4,6-7,14H,5,12H2,1-2H3,(H,13,15). The number of nitrogens with two attached hydrogens (primary N) is 1. The van der Waals surface area contributed by atoms with E-state index in [0.717, 1.165) is 11.3 Å². The van der Waals surface area contributed by atoms with Crippen LogP contribution in [0.2, 0.25) is 0 Å². The van der Waals surface area contributed by atoms with E-state index in [1.165, 1.54) is 18.5 Å². The number of aryl methyl sites for hydroxylation is 2. The quantitative estimate of drug-likeness (QED) is 0.524. The predicted octanol–water partition coefficient (Wildman–Crippen LogP) is -0.112. The van der Waals surface area contributed by atoms with Crippen molar-refractivity contribution in [1.82, 2.24) is 19.5 Å². The molecule has 20 heavy (non-hydrogen) atoms. The maximum atomic E-state index is 12.2. The van der Waals surface area contributed by atoms with E-state index in [9.17, 15) is 8.42 Å². The summed E-state index contributed by atoms with van der Waals surface area (Å²) in [6.07, 6.45) is 4.47. The zero-order valence-electron chi connectivity index (χ0n) is 11.2. The molecular weight excluding hydrogens is 280 g/mol. The van der Waals surface area contributed by atoms with Gasteiger partial charge in [-0.15, -0.1) is 0 Å². The van der Waals surface area contributed by atoms with Crippen LogP contribution in [0.4, 0.5) is 5.69 Å². The summed E-state index contributed by atoms with van der Waals surface area (Å²) in [7, 11) is -1.92. The Hall–Kier alpha value is -1.97. The number of rotatable bonds is 5. The molecule has 0 saturated carbocycles. The molecule has 0 aliphatic rings. The molecule has 0 aromatic carbocycles. The van der Waals surface area contributed by atoms with Gasteiger partial charge in [-0.05, 0) is 13.0 Å². The second-order valence-electron chi connectivity index (χ2n) is 4.25. The summed E-state index contributed by atoms with van der Waals surface area (Å²) in [6, 6.07) is 1.49. The van der Waals surface area contributed by atoms with Crippen LogP contribution in [0.3, 0.4) is 0 Å². The molecule has 0 atom stereocenters. The number of pyridine rings is 1. The third-order valence-electron chi connectivity index (χ3n) is 2.80. The van der Waals surface area contributed by atoms with Gasteiger partial charge in [-0.3, -0.25) is 15.5 Å². The van der Waals surface area contributed by atoms with Crippen molar-refractivity contribution in [1.29, 1.82) is 0 Å². The number of sulfonamides is 1. The van der Waals surface area contributed by atoms with Gasteiger partial charge in [0.15, 0.2) is 0 Å². The van der Waals surface area contributed by atoms with Crippen molar-refractivity contribution in [3.05, 3.63) is 35.9 Å². The Bertz CT molecular complexity index is 709. The SMILES string of the molecule is Cc1nn(C)cc1CNS(=O)(=O)c1cnccc1NN. The second kappa shape index (κ2) is 5.57. The van der Waals surface area contributed by atoms with Crippen LogP contribution in [0.15, 0.2) is 29.6 Å². The summed E-state index contributed by atoms with van der Waals surface area (Å²) in [5.41, 5.74) is 4.21. The average molecular weight is 296 g/mol. The van der Waals surface area contributed by atoms with Crippen molar-refractivity contribution in [2.24, 2.45) is 12.9 Å². The predicted molar refractivity (Wildman–Crippen MR) is 74.0 cm³/mol. The van der Waals surface area contributed by atoms with E-state index < -0.39 is 10.0 Å². The topological polar surface area (TPSA) is 115 Å². The van der Waals surface area contributed by atoms with Gasteiger partial charge in [0.2, 0.25) is 10.0 Å². The van der Waals surface area contributed by atoms with Crippen molar-refractivity contribution in [3.63, 3.8) is 0 Å². The molecule has 0 amide bonds. The van der Waals surface area contributed by atoms with E-state index in [0.29, 0.717) is 0 Å². The molecule has 2 aromatic heterocycles. The lowest BCUT2D eigenvalue weighted by Gasteiger charge is -2.09. The van der Waals surface area contributed by atoms with Crippen LogP contribution in [0, 0.1) is 6.92 Å². The van der Waals surface area contributed by atoms with Crippen molar-refractivity contribution < 1.29 is 8.42 Å². The summed E-state index contributed by atoms with van der Waals surface area (Å²) < 4.78 is 28.6. The van der Waals surface area contributed by atoms with E-state index in [1.807, 2.05) is 6.92 Å². The van der Waals surface area contributed by atoms with Crippen molar-refractivity contribution >= 4 is 15.7 Å². The fourth-order valence-corrected chi connectivity index (χ4v) is 2.90. The van der Waals surface area contributed by atoms with E-state index in [-0.39, 0.29) is 17.1 Å². The third kappa shape index (κ3) is 2.95. The highest BCUT2D eigenvalue weighted by atomic mass is 32.2. The summed E-state index contributed by atoms with van der Waals surface area (Å²) in [5.74, 6) is 5.30. The van der Waals surface area contributed by atoms with E-state index in [4.69, 9.17) is 5.84 Å². The van der Waals surface area contributed by atoms with Gasteiger partial charge in [0.1, 0.15) is 4.90 Å². The number of nitrogens with one attached hydrogen (secondary N) is 2. The first-order valence-corrected chi connectivity index (χ1v) is 7.32. The number of hydrogen-bond donors (Lipinski definition) is 3. The summed E-state index contributed by atoms with van der Waals surface area (Å²) >= 11 is 0. The maximum Gasteiger partial charge on any atom is 0.244 e. The first kappa shape index (κ1) is 14.4. The molecule has 0 bridgehead atoms. The molecule has 0 aliphatic carbocycles. The fourth-order valence-electron chi connectivity index (χ4n) is 1.79. The molecule has 0 unspecified atom stereocenters. The summed E-state index contributed by atoms with van der Waals surface area (Å²) in [6.45, 7) is 1.97. The van der Waals surface area contributed by atoms with E-state index >= 15 is 0 Å². The number of hydrogen-bond acceptors (Lipinski definition) is 6. The molecule has 0 saturated heterocycles. The van der Waals surface area contributed by atoms with Crippen LogP contribution in [0.5, 0.6) is 0 Å². The van der Waals surface area contributed by atoms with Crippen LogP contribution in [-0.2, 0) is 23.6 Å². The van der Waals surface area contributed by atoms with Crippen LogP contribution in [-0.4, -0.2) is 23.2 Å². The zero-order chi connectivity index (χ0) is 14.8. The van der Waals surface area contributed by atoms with Gasteiger partial charge < -0.3 is 5.43 Å². The lowest BCUT2D eigenvalue weighted by atomic mass is 10.3. The first-order chi connectivity index (χ1) is 9.44. The average Bonchev–Trinajstić information content (AvgIpc) is 2.75. The van der Waals surface area contributed by atoms with Crippen LogP contribution in [0.25, 0.3) is 0 Å². The molecule has 8 nitrogen and oxygen atoms in total. The molecule has 108 valence electrons. The van der Waals surface area contributed by atoms with Gasteiger partial charge in [-0.1, -0.05) is 0 Å². The molecule has 0 fully saturated rings. The Balaban J connectivity index is 2.21. The molecule has 0 radical (unpaired) electrons. The van der Waals surface area contributed by atoms with E-state index in [1.54, 1.807) is 17.9 Å². The molecule has 4 N–H and O–H groups in total. The molecule has 2 heterocycles. The molecule has 2 aromatic rings. The Morgan fingerprint density at radius 2 is 2.20 bits per heavy atom. The molecule has 0 aliphatic heterocycles. The van der Waals surface area contributed by atoms with Gasteiger partial charge >= 0.3 is 0 Å². The summed E-state index contributed by atoms with van der Waals surface area (Å²) in [4.78, 5) is 3.81. The lowest BCUT2D eigenvalue weighted by molar-refractivity contribution is 0.581. The van der Waals surface area contributed by atoms with E-state index in [2.05, 4.69) is 20.2 Å². The van der Waals surface area contributed by atoms with Gasteiger partial charge in [-0.25, -0.2) is 13.1 Å².